The van der Waals surface area contributed by atoms with E-state index in [2.05, 4.69) is 10.6 Å². The van der Waals surface area contributed by atoms with Crippen LogP contribution in [0.4, 0.5) is 5.69 Å². The number of rotatable bonds is 7. The van der Waals surface area contributed by atoms with Gasteiger partial charge in [0.1, 0.15) is 6.04 Å². The van der Waals surface area contributed by atoms with Gasteiger partial charge >= 0.3 is 5.97 Å². The lowest BCUT2D eigenvalue weighted by molar-refractivity contribution is -0.139. The number of amides is 2. The van der Waals surface area contributed by atoms with Crippen molar-refractivity contribution in [2.45, 2.75) is 33.2 Å². The molecule has 7 nitrogen and oxygen atoms in total. The van der Waals surface area contributed by atoms with Crippen LogP contribution in [0.1, 0.15) is 46.7 Å². The Morgan fingerprint density at radius 3 is 2.46 bits per heavy atom. The molecule has 26 heavy (non-hydrogen) atoms. The summed E-state index contributed by atoms with van der Waals surface area (Å²) in [6, 6.07) is 6.95. The van der Waals surface area contributed by atoms with Gasteiger partial charge in [-0.05, 0) is 49.1 Å². The molecule has 7 heteroatoms. The molecule has 1 heterocycles. The van der Waals surface area contributed by atoms with E-state index in [4.69, 9.17) is 4.42 Å². The van der Waals surface area contributed by atoms with Gasteiger partial charge in [-0.1, -0.05) is 19.9 Å². The van der Waals surface area contributed by atoms with Crippen molar-refractivity contribution >= 4 is 23.5 Å². The fourth-order valence-corrected chi connectivity index (χ4v) is 2.42. The average Bonchev–Trinajstić information content (AvgIpc) is 3.10. The monoisotopic (exact) mass is 358 g/mol. The Morgan fingerprint density at radius 1 is 1.15 bits per heavy atom. The van der Waals surface area contributed by atoms with Gasteiger partial charge < -0.3 is 20.2 Å². The van der Waals surface area contributed by atoms with Gasteiger partial charge in [-0.15, -0.1) is 0 Å². The third-order valence-corrected chi connectivity index (χ3v) is 3.80. The van der Waals surface area contributed by atoms with Gasteiger partial charge in [-0.3, -0.25) is 9.59 Å². The maximum Gasteiger partial charge on any atom is 0.326 e. The molecule has 0 fully saturated rings. The Hall–Kier alpha value is -3.09. The zero-order valence-electron chi connectivity index (χ0n) is 14.9. The van der Waals surface area contributed by atoms with Gasteiger partial charge in [0.25, 0.3) is 11.8 Å². The topological polar surface area (TPSA) is 109 Å². The van der Waals surface area contributed by atoms with Crippen LogP contribution in [-0.4, -0.2) is 28.9 Å². The SMILES string of the molecule is Cc1ccc(C(=O)NC(CC(C)C)C(=O)O)cc1NC(=O)c1ccco1. The molecule has 0 aliphatic carbocycles. The number of furan rings is 1. The Kier molecular flexibility index (Phi) is 6.16. The van der Waals surface area contributed by atoms with Crippen LogP contribution in [-0.2, 0) is 4.79 Å². The minimum Gasteiger partial charge on any atom is -0.480 e. The predicted octanol–water partition coefficient (Wildman–Crippen LogP) is 3.07. The highest BCUT2D eigenvalue weighted by atomic mass is 16.4. The molecule has 2 amide bonds. The summed E-state index contributed by atoms with van der Waals surface area (Å²) >= 11 is 0. The molecule has 1 aromatic carbocycles. The lowest BCUT2D eigenvalue weighted by atomic mass is 10.0. The molecule has 0 aliphatic rings. The number of carbonyl (C=O) groups is 3. The number of carbonyl (C=O) groups excluding carboxylic acids is 2. The van der Waals surface area contributed by atoms with E-state index in [1.807, 2.05) is 13.8 Å². The number of hydrogen-bond acceptors (Lipinski definition) is 4. The van der Waals surface area contributed by atoms with Crippen LogP contribution in [0.3, 0.4) is 0 Å². The molecule has 0 spiro atoms. The summed E-state index contributed by atoms with van der Waals surface area (Å²) in [4.78, 5) is 35.8. The van der Waals surface area contributed by atoms with Crippen molar-refractivity contribution in [2.24, 2.45) is 5.92 Å². The van der Waals surface area contributed by atoms with Gasteiger partial charge in [0.2, 0.25) is 0 Å². The van der Waals surface area contributed by atoms with Crippen molar-refractivity contribution in [1.29, 1.82) is 0 Å². The fraction of sp³-hybridized carbons (Fsp3) is 0.316. The molecule has 1 atom stereocenters. The van der Waals surface area contributed by atoms with E-state index >= 15 is 0 Å². The molecule has 0 aliphatic heterocycles. The van der Waals surface area contributed by atoms with E-state index in [0.29, 0.717) is 12.1 Å². The predicted molar refractivity (Wildman–Crippen MR) is 96.2 cm³/mol. The van der Waals surface area contributed by atoms with Crippen LogP contribution >= 0.6 is 0 Å². The Morgan fingerprint density at radius 2 is 1.88 bits per heavy atom. The number of benzene rings is 1. The lowest BCUT2D eigenvalue weighted by Gasteiger charge is -2.17. The van der Waals surface area contributed by atoms with Crippen LogP contribution in [0.15, 0.2) is 41.0 Å². The quantitative estimate of drug-likeness (QED) is 0.705. The summed E-state index contributed by atoms with van der Waals surface area (Å²) in [5.41, 5.74) is 1.48. The average molecular weight is 358 g/mol. The number of aryl methyl sites for hydroxylation is 1. The number of carboxylic acid groups (broad SMARTS) is 1. The van der Waals surface area contributed by atoms with Crippen LogP contribution in [0.5, 0.6) is 0 Å². The smallest absolute Gasteiger partial charge is 0.326 e. The van der Waals surface area contributed by atoms with Crippen LogP contribution in [0, 0.1) is 12.8 Å². The van der Waals surface area contributed by atoms with Crippen LogP contribution in [0.2, 0.25) is 0 Å². The molecule has 138 valence electrons. The highest BCUT2D eigenvalue weighted by molar-refractivity contribution is 6.04. The summed E-state index contributed by atoms with van der Waals surface area (Å²) in [5.74, 6) is -1.74. The molecule has 1 aromatic heterocycles. The molecule has 0 bridgehead atoms. The first-order chi connectivity index (χ1) is 12.3. The number of hydrogen-bond donors (Lipinski definition) is 3. The van der Waals surface area contributed by atoms with Crippen LogP contribution in [0.25, 0.3) is 0 Å². The second-order valence-electron chi connectivity index (χ2n) is 6.45. The van der Waals surface area contributed by atoms with Crippen molar-refractivity contribution in [1.82, 2.24) is 5.32 Å². The fourth-order valence-electron chi connectivity index (χ4n) is 2.42. The third kappa shape index (κ3) is 4.95. The van der Waals surface area contributed by atoms with E-state index in [1.165, 1.54) is 18.4 Å². The Bertz CT molecular complexity index is 796. The van der Waals surface area contributed by atoms with Gasteiger partial charge in [0, 0.05) is 11.3 Å². The highest BCUT2D eigenvalue weighted by Gasteiger charge is 2.22. The summed E-state index contributed by atoms with van der Waals surface area (Å²) in [6.45, 7) is 5.56. The number of anilines is 1. The van der Waals surface area contributed by atoms with E-state index in [1.54, 1.807) is 25.1 Å². The van der Waals surface area contributed by atoms with Gasteiger partial charge in [0.15, 0.2) is 5.76 Å². The van der Waals surface area contributed by atoms with E-state index in [0.717, 1.165) is 5.56 Å². The molecule has 0 saturated carbocycles. The second-order valence-corrected chi connectivity index (χ2v) is 6.45. The zero-order chi connectivity index (χ0) is 19.3. The van der Waals surface area contributed by atoms with Gasteiger partial charge in [0.05, 0.1) is 6.26 Å². The second kappa shape index (κ2) is 8.33. The van der Waals surface area contributed by atoms with Crippen molar-refractivity contribution in [2.75, 3.05) is 5.32 Å². The summed E-state index contributed by atoms with van der Waals surface area (Å²) in [6.07, 6.45) is 1.72. The van der Waals surface area contributed by atoms with Crippen molar-refractivity contribution in [3.05, 3.63) is 53.5 Å². The molecule has 1 unspecified atom stereocenters. The van der Waals surface area contributed by atoms with E-state index < -0.39 is 23.8 Å². The first kappa shape index (κ1) is 19.2. The molecular weight excluding hydrogens is 336 g/mol. The maximum atomic E-state index is 12.4. The Labute approximate surface area is 151 Å². The minimum absolute atomic E-state index is 0.123. The van der Waals surface area contributed by atoms with Crippen molar-refractivity contribution < 1.29 is 23.9 Å². The molecule has 0 saturated heterocycles. The van der Waals surface area contributed by atoms with Crippen molar-refractivity contribution in [3.8, 4) is 0 Å². The van der Waals surface area contributed by atoms with E-state index in [-0.39, 0.29) is 17.2 Å². The largest absolute Gasteiger partial charge is 0.480 e. The first-order valence-electron chi connectivity index (χ1n) is 8.27. The molecular formula is C19H22N2O5. The Balaban J connectivity index is 2.15. The number of aliphatic carboxylic acids is 1. The standard InChI is InChI=1S/C19H22N2O5/c1-11(2)9-15(19(24)25)21-17(22)13-7-6-12(3)14(10-13)20-18(23)16-5-4-8-26-16/h4-8,10-11,15H,9H2,1-3H3,(H,20,23)(H,21,22)(H,24,25). The molecule has 3 N–H and O–H groups in total. The molecule has 2 aromatic rings. The maximum absolute atomic E-state index is 12.4. The van der Waals surface area contributed by atoms with Crippen LogP contribution < -0.4 is 10.6 Å². The van der Waals surface area contributed by atoms with Gasteiger partial charge in [-0.25, -0.2) is 4.79 Å². The summed E-state index contributed by atoms with van der Waals surface area (Å²) < 4.78 is 5.04. The van der Waals surface area contributed by atoms with E-state index in [9.17, 15) is 19.5 Å². The molecule has 2 rings (SSSR count). The zero-order valence-corrected chi connectivity index (χ0v) is 14.9. The lowest BCUT2D eigenvalue weighted by Crippen LogP contribution is -2.41. The van der Waals surface area contributed by atoms with Gasteiger partial charge in [-0.2, -0.15) is 0 Å². The highest BCUT2D eigenvalue weighted by Crippen LogP contribution is 2.19. The normalized spacial score (nSPS) is 11.8. The van der Waals surface area contributed by atoms with Crippen molar-refractivity contribution in [3.63, 3.8) is 0 Å². The summed E-state index contributed by atoms with van der Waals surface area (Å²) in [5, 5.41) is 14.5. The number of nitrogens with one attached hydrogen (secondary N) is 2. The first-order valence-corrected chi connectivity index (χ1v) is 8.27. The number of carboxylic acids is 1. The minimum atomic E-state index is -1.08. The third-order valence-electron chi connectivity index (χ3n) is 3.80. The molecule has 0 radical (unpaired) electrons. The summed E-state index contributed by atoms with van der Waals surface area (Å²) in [7, 11) is 0.